The molecule has 8 nitrogen and oxygen atoms in total. The summed E-state index contributed by atoms with van der Waals surface area (Å²) in [5.41, 5.74) is 9.24. The Morgan fingerprint density at radius 3 is 2.22 bits per heavy atom. The second-order valence-corrected chi connectivity index (χ2v) is 15.2. The third kappa shape index (κ3) is 5.44. The molecule has 3 aromatic rings. The minimum atomic E-state index is -0.872. The van der Waals surface area contributed by atoms with E-state index < -0.39 is 29.7 Å². The van der Waals surface area contributed by atoms with Crippen molar-refractivity contribution in [2.24, 2.45) is 28.9 Å². The smallest absolute Gasteiger partial charge is 0.329 e. The summed E-state index contributed by atoms with van der Waals surface area (Å²) < 4.78 is 11.7. The zero-order valence-corrected chi connectivity index (χ0v) is 26.9. The molecule has 0 saturated heterocycles. The summed E-state index contributed by atoms with van der Waals surface area (Å²) in [4.78, 5) is 45.6. The lowest BCUT2D eigenvalue weighted by molar-refractivity contribution is -0.166. The molecule has 5 aliphatic rings. The van der Waals surface area contributed by atoms with Crippen molar-refractivity contribution < 1.29 is 23.9 Å². The van der Waals surface area contributed by atoms with Gasteiger partial charge in [-0.15, -0.1) is 11.6 Å². The first kappa shape index (κ1) is 30.3. The Bertz CT molecular complexity index is 1600. The van der Waals surface area contributed by atoms with Crippen LogP contribution in [0.5, 0.6) is 5.75 Å². The molecule has 1 amide bonds. The zero-order chi connectivity index (χ0) is 31.7. The molecule has 238 valence electrons. The molecule has 0 spiro atoms. The van der Waals surface area contributed by atoms with Crippen molar-refractivity contribution in [3.63, 3.8) is 0 Å². The van der Waals surface area contributed by atoms with E-state index in [0.717, 1.165) is 47.0 Å². The number of benzene rings is 2. The molecule has 2 aromatic carbocycles. The molecule has 0 unspecified atom stereocenters. The van der Waals surface area contributed by atoms with E-state index in [1.807, 2.05) is 57.2 Å². The Kier molecular flexibility index (Phi) is 7.52. The van der Waals surface area contributed by atoms with Crippen LogP contribution in [0.4, 0.5) is 0 Å². The van der Waals surface area contributed by atoms with Crippen LogP contribution in [0.15, 0.2) is 48.5 Å². The quantitative estimate of drug-likeness (QED) is 0.195. The number of para-hydroxylation sites is 1. The summed E-state index contributed by atoms with van der Waals surface area (Å²) in [5, 5.41) is 0.994. The monoisotopic (exact) mass is 631 g/mol. The van der Waals surface area contributed by atoms with Gasteiger partial charge in [0.25, 0.3) is 0 Å². The second kappa shape index (κ2) is 11.2. The van der Waals surface area contributed by atoms with E-state index in [0.29, 0.717) is 29.9 Å². The Hall–Kier alpha value is -3.36. The van der Waals surface area contributed by atoms with E-state index >= 15 is 0 Å². The third-order valence-corrected chi connectivity index (χ3v) is 10.9. The van der Waals surface area contributed by atoms with Crippen molar-refractivity contribution in [3.8, 4) is 5.75 Å². The van der Waals surface area contributed by atoms with Gasteiger partial charge in [-0.3, -0.25) is 4.79 Å². The molecule has 4 fully saturated rings. The van der Waals surface area contributed by atoms with Gasteiger partial charge in [-0.05, 0) is 112 Å². The highest BCUT2D eigenvalue weighted by Crippen LogP contribution is 2.61. The van der Waals surface area contributed by atoms with Gasteiger partial charge >= 0.3 is 11.9 Å². The highest BCUT2D eigenvalue weighted by molar-refractivity contribution is 6.27. The van der Waals surface area contributed by atoms with Crippen LogP contribution >= 0.6 is 11.6 Å². The van der Waals surface area contributed by atoms with E-state index in [9.17, 15) is 14.4 Å². The SMILES string of the molecule is CC(C)(C)OC(=O)[C@H]1Cc2c([nH]c3ccccc23)[C@H](c2ccc(OC(=O)[C@@H](N)C34CC5CC(CC(C5)C3)C4)cc2)N1C(=O)CCl. The summed E-state index contributed by atoms with van der Waals surface area (Å²) in [6.07, 6.45) is 7.19. The van der Waals surface area contributed by atoms with Gasteiger partial charge in [-0.25, -0.2) is 9.59 Å². The number of nitrogens with two attached hydrogens (primary N) is 1. The van der Waals surface area contributed by atoms with Gasteiger partial charge in [0.1, 0.15) is 29.3 Å². The molecule has 1 aromatic heterocycles. The summed E-state index contributed by atoms with van der Waals surface area (Å²) in [5.74, 6) is 0.917. The fourth-order valence-corrected chi connectivity index (χ4v) is 9.41. The van der Waals surface area contributed by atoms with Crippen LogP contribution < -0.4 is 10.5 Å². The molecule has 8 rings (SSSR count). The number of aromatic nitrogens is 1. The molecule has 4 aliphatic carbocycles. The van der Waals surface area contributed by atoms with Gasteiger partial charge < -0.3 is 25.1 Å². The number of carbonyl (C=O) groups excluding carboxylic acids is 3. The third-order valence-electron chi connectivity index (χ3n) is 10.6. The maximum atomic E-state index is 13.6. The Balaban J connectivity index is 1.19. The number of amides is 1. The lowest BCUT2D eigenvalue weighted by atomic mass is 9.48. The van der Waals surface area contributed by atoms with Crippen molar-refractivity contribution >= 4 is 40.3 Å². The van der Waals surface area contributed by atoms with Gasteiger partial charge in [0, 0.05) is 23.0 Å². The first-order valence-corrected chi connectivity index (χ1v) is 16.7. The summed E-state index contributed by atoms with van der Waals surface area (Å²) >= 11 is 6.15. The topological polar surface area (TPSA) is 115 Å². The number of nitrogens with zero attached hydrogens (tertiary/aromatic N) is 1. The molecule has 1 aliphatic heterocycles. The van der Waals surface area contributed by atoms with Crippen molar-refractivity contribution in [1.82, 2.24) is 9.88 Å². The highest BCUT2D eigenvalue weighted by atomic mass is 35.5. The van der Waals surface area contributed by atoms with Gasteiger partial charge in [0.05, 0.1) is 6.04 Å². The fraction of sp³-hybridized carbons (Fsp3) is 0.528. The standard InChI is InChI=1S/C36H42ClN3O5/c1-35(2,3)45-33(42)28-15-26-25-6-4-5-7-27(25)39-30(26)31(40(28)29(41)19-37)23-8-10-24(11-9-23)44-34(43)32(38)36-16-20-12-21(17-36)14-22(13-20)18-36/h4-11,20-22,28,31-32,39H,12-19,38H2,1-3H3/t20?,21?,22?,28-,31+,32-,36?/m1/s1. The molecule has 3 N–H and O–H groups in total. The largest absolute Gasteiger partial charge is 0.458 e. The molecule has 4 saturated carbocycles. The number of halogens is 1. The van der Waals surface area contributed by atoms with Crippen LogP contribution in [0.1, 0.15) is 82.2 Å². The molecule has 0 radical (unpaired) electrons. The number of hydrogen-bond acceptors (Lipinski definition) is 6. The van der Waals surface area contributed by atoms with Crippen LogP contribution in [0, 0.1) is 23.2 Å². The molecule has 2 heterocycles. The van der Waals surface area contributed by atoms with Gasteiger partial charge in [-0.1, -0.05) is 30.3 Å². The molecule has 4 bridgehead atoms. The number of nitrogens with one attached hydrogen (secondary N) is 1. The number of aromatic amines is 1. The number of ether oxygens (including phenoxy) is 2. The van der Waals surface area contributed by atoms with E-state index in [-0.39, 0.29) is 23.2 Å². The normalized spacial score (nSPS) is 29.4. The van der Waals surface area contributed by atoms with Crippen molar-refractivity contribution in [2.45, 2.75) is 89.4 Å². The number of fused-ring (bicyclic) bond motifs is 3. The van der Waals surface area contributed by atoms with Gasteiger partial charge in [0.15, 0.2) is 0 Å². The lowest BCUT2D eigenvalue weighted by Crippen LogP contribution is -2.58. The maximum absolute atomic E-state index is 13.6. The second-order valence-electron chi connectivity index (χ2n) is 14.9. The summed E-state index contributed by atoms with van der Waals surface area (Å²) in [6, 6.07) is 12.9. The van der Waals surface area contributed by atoms with Crippen LogP contribution in [0.25, 0.3) is 10.9 Å². The van der Waals surface area contributed by atoms with Crippen LogP contribution in [0.3, 0.4) is 0 Å². The number of carbonyl (C=O) groups is 3. The highest BCUT2D eigenvalue weighted by Gasteiger charge is 2.55. The van der Waals surface area contributed by atoms with E-state index in [1.165, 1.54) is 19.3 Å². The summed E-state index contributed by atoms with van der Waals surface area (Å²) in [7, 11) is 0. The molecule has 9 heteroatoms. The fourth-order valence-electron chi connectivity index (χ4n) is 9.27. The average molecular weight is 632 g/mol. The van der Waals surface area contributed by atoms with Crippen LogP contribution in [0.2, 0.25) is 0 Å². The van der Waals surface area contributed by atoms with Gasteiger partial charge in [-0.2, -0.15) is 0 Å². The van der Waals surface area contributed by atoms with Crippen molar-refractivity contribution in [2.75, 3.05) is 5.88 Å². The van der Waals surface area contributed by atoms with Crippen LogP contribution in [-0.4, -0.2) is 51.3 Å². The first-order valence-electron chi connectivity index (χ1n) is 16.2. The molecule has 45 heavy (non-hydrogen) atoms. The minimum Gasteiger partial charge on any atom is -0.458 e. The Morgan fingerprint density at radius 1 is 1.00 bits per heavy atom. The number of esters is 2. The van der Waals surface area contributed by atoms with E-state index in [2.05, 4.69) is 4.98 Å². The maximum Gasteiger partial charge on any atom is 0.329 e. The Labute approximate surface area is 268 Å². The van der Waals surface area contributed by atoms with Crippen LogP contribution in [-0.2, 0) is 25.5 Å². The molecular weight excluding hydrogens is 590 g/mol. The predicted molar refractivity (Wildman–Crippen MR) is 172 cm³/mol. The lowest BCUT2D eigenvalue weighted by Gasteiger charge is -2.58. The number of hydrogen-bond donors (Lipinski definition) is 2. The molecular formula is C36H42ClN3O5. The number of alkyl halides is 1. The minimum absolute atomic E-state index is 0.154. The van der Waals surface area contributed by atoms with E-state index in [1.54, 1.807) is 17.0 Å². The molecule has 3 atom stereocenters. The predicted octanol–water partition coefficient (Wildman–Crippen LogP) is 6.04. The summed E-state index contributed by atoms with van der Waals surface area (Å²) in [6.45, 7) is 5.43. The van der Waals surface area contributed by atoms with E-state index in [4.69, 9.17) is 26.8 Å². The average Bonchev–Trinajstić information content (AvgIpc) is 3.36. The number of rotatable bonds is 6. The van der Waals surface area contributed by atoms with Crippen molar-refractivity contribution in [1.29, 1.82) is 0 Å². The van der Waals surface area contributed by atoms with Crippen molar-refractivity contribution in [3.05, 3.63) is 65.4 Å². The first-order chi connectivity index (χ1) is 21.4. The zero-order valence-electron chi connectivity index (χ0n) is 26.2. The van der Waals surface area contributed by atoms with Gasteiger partial charge in [0.2, 0.25) is 5.91 Å². The Morgan fingerprint density at radius 2 is 1.62 bits per heavy atom. The number of H-pyrrole nitrogens is 1.